The molecule has 12 heteroatoms. The van der Waals surface area contributed by atoms with E-state index in [1.54, 1.807) is 54.6 Å². The van der Waals surface area contributed by atoms with E-state index in [0.717, 1.165) is 5.56 Å². The van der Waals surface area contributed by atoms with Gasteiger partial charge in [0, 0.05) is 22.9 Å². The van der Waals surface area contributed by atoms with Gasteiger partial charge < -0.3 is 14.4 Å². The van der Waals surface area contributed by atoms with Crippen molar-refractivity contribution in [2.24, 2.45) is 0 Å². The number of carboxylic acids is 1. The predicted molar refractivity (Wildman–Crippen MR) is 119 cm³/mol. The van der Waals surface area contributed by atoms with Crippen molar-refractivity contribution in [3.8, 4) is 33.3 Å². The monoisotopic (exact) mass is 518 g/mol. The van der Waals surface area contributed by atoms with E-state index >= 15 is 0 Å². The van der Waals surface area contributed by atoms with Gasteiger partial charge in [-0.3, -0.25) is 4.68 Å². The number of carboxylic acid groups (broad SMARTS) is 1. The van der Waals surface area contributed by atoms with Crippen LogP contribution in [0.2, 0.25) is 0 Å². The Balaban J connectivity index is 0.00000304. The van der Waals surface area contributed by atoms with E-state index in [9.17, 15) is 23.1 Å². The Hall–Kier alpha value is -3.25. The molecule has 5 aromatic rings. The zero-order valence-corrected chi connectivity index (χ0v) is 21.5. The molecule has 36 heavy (non-hydrogen) atoms. The molecule has 0 radical (unpaired) electrons. The van der Waals surface area contributed by atoms with E-state index in [0.29, 0.717) is 29.0 Å². The van der Waals surface area contributed by atoms with Crippen LogP contribution in [0, 0.1) is 0 Å². The van der Waals surface area contributed by atoms with Crippen LogP contribution < -0.4 is 34.7 Å². The smallest absolute Gasteiger partial charge is 0.545 e. The maximum absolute atomic E-state index is 13.7. The number of benzene rings is 2. The van der Waals surface area contributed by atoms with Crippen LogP contribution in [0.4, 0.5) is 13.2 Å². The Morgan fingerprint density at radius 2 is 1.78 bits per heavy atom. The molecule has 3 heterocycles. The molecule has 0 fully saturated rings. The van der Waals surface area contributed by atoms with Crippen molar-refractivity contribution in [2.75, 3.05) is 0 Å². The summed E-state index contributed by atoms with van der Waals surface area (Å²) < 4.78 is 47.8. The predicted octanol–water partition coefficient (Wildman–Crippen LogP) is 1.76. The third kappa shape index (κ3) is 5.44. The van der Waals surface area contributed by atoms with Crippen LogP contribution >= 0.6 is 11.3 Å². The molecule has 0 spiro atoms. The van der Waals surface area contributed by atoms with Gasteiger partial charge in [0.15, 0.2) is 0 Å². The topological polar surface area (TPSA) is 96.9 Å². The molecule has 0 aliphatic rings. The summed E-state index contributed by atoms with van der Waals surface area (Å²) in [6.07, 6.45) is -1.94. The molecule has 0 aliphatic heterocycles. The van der Waals surface area contributed by atoms with Gasteiger partial charge in [-0.05, 0) is 17.2 Å². The van der Waals surface area contributed by atoms with E-state index in [2.05, 4.69) is 15.2 Å². The van der Waals surface area contributed by atoms with Crippen LogP contribution in [0.5, 0.6) is 0 Å². The molecule has 2 aromatic carbocycles. The number of carbonyl (C=O) groups is 1. The summed E-state index contributed by atoms with van der Waals surface area (Å²) >= 11 is 0.553. The quantitative estimate of drug-likeness (QED) is 0.318. The Morgan fingerprint density at radius 3 is 2.42 bits per heavy atom. The van der Waals surface area contributed by atoms with Gasteiger partial charge in [0.05, 0.1) is 23.6 Å². The van der Waals surface area contributed by atoms with Gasteiger partial charge in [0.25, 0.3) is 5.89 Å². The number of hydrogen-bond acceptors (Lipinski definition) is 7. The van der Waals surface area contributed by atoms with Gasteiger partial charge in [-0.2, -0.15) is 23.3 Å². The van der Waals surface area contributed by atoms with Crippen molar-refractivity contribution in [1.82, 2.24) is 19.9 Å². The fourth-order valence-corrected chi connectivity index (χ4v) is 4.45. The molecule has 176 valence electrons. The third-order valence-electron chi connectivity index (χ3n) is 5.14. The van der Waals surface area contributed by atoms with Gasteiger partial charge in [0.2, 0.25) is 5.82 Å². The van der Waals surface area contributed by atoms with Crippen LogP contribution in [0.15, 0.2) is 77.6 Å². The second kappa shape index (κ2) is 10.4. The second-order valence-corrected chi connectivity index (χ2v) is 8.60. The summed E-state index contributed by atoms with van der Waals surface area (Å²) in [6, 6.07) is 16.8. The molecule has 7 nitrogen and oxygen atoms in total. The molecule has 5 rings (SSSR count). The van der Waals surface area contributed by atoms with Crippen molar-refractivity contribution in [2.45, 2.75) is 12.7 Å². The zero-order valence-electron chi connectivity index (χ0n) is 18.7. The first kappa shape index (κ1) is 25.8. The first-order valence-electron chi connectivity index (χ1n) is 10.2. The first-order chi connectivity index (χ1) is 16.8. The van der Waals surface area contributed by atoms with Gasteiger partial charge in [-0.1, -0.05) is 59.8 Å². The Bertz CT molecular complexity index is 1500. The molecule has 0 saturated heterocycles. The number of hydrogen-bond donors (Lipinski definition) is 0. The number of aromatic carboxylic acids is 1. The molecular formula is C24H14F3N4NaO3S. The van der Waals surface area contributed by atoms with Gasteiger partial charge in [-0.25, -0.2) is 0 Å². The van der Waals surface area contributed by atoms with Gasteiger partial charge in [0.1, 0.15) is 4.88 Å². The number of halogens is 3. The standard InChI is InChI=1S/C24H15F3N4O3S.Na/c25-24(26,27)20-18(15-4-2-1-3-5-15)10-19(35-20)22-29-21(30-34-22)16-8-6-14(7-9-16)12-31-13-17(11-28-31)23(32)33;/h1-11,13H,12H2,(H,32,33);/q;+1/p-1. The van der Waals surface area contributed by atoms with Crippen molar-refractivity contribution in [3.63, 3.8) is 0 Å². The van der Waals surface area contributed by atoms with Gasteiger partial charge >= 0.3 is 35.7 Å². The fourth-order valence-electron chi connectivity index (χ4n) is 3.48. The maximum Gasteiger partial charge on any atom is 1.00 e. The minimum Gasteiger partial charge on any atom is -0.545 e. The summed E-state index contributed by atoms with van der Waals surface area (Å²) in [5.41, 5.74) is 1.93. The molecular weight excluding hydrogens is 504 g/mol. The number of thiophene rings is 1. The van der Waals surface area contributed by atoms with E-state index in [-0.39, 0.29) is 57.3 Å². The number of nitrogens with zero attached hydrogens (tertiary/aromatic N) is 4. The molecule has 0 saturated carbocycles. The normalized spacial score (nSPS) is 11.3. The molecule has 0 bridgehead atoms. The minimum absolute atomic E-state index is 0. The van der Waals surface area contributed by atoms with E-state index in [1.807, 2.05) is 0 Å². The van der Waals surface area contributed by atoms with E-state index in [4.69, 9.17) is 4.52 Å². The summed E-state index contributed by atoms with van der Waals surface area (Å²) in [6.45, 7) is 0.336. The molecule has 0 aliphatic carbocycles. The number of aromatic nitrogens is 4. The molecule has 0 unspecified atom stereocenters. The number of alkyl halides is 3. The average molecular weight is 518 g/mol. The van der Waals surface area contributed by atoms with Crippen molar-refractivity contribution in [3.05, 3.63) is 89.1 Å². The molecule has 3 aromatic heterocycles. The average Bonchev–Trinajstić information content (AvgIpc) is 3.59. The maximum atomic E-state index is 13.7. The largest absolute Gasteiger partial charge is 1.00 e. The van der Waals surface area contributed by atoms with E-state index in [1.165, 1.54) is 23.1 Å². The summed E-state index contributed by atoms with van der Waals surface area (Å²) in [5, 5.41) is 18.8. The zero-order chi connectivity index (χ0) is 24.6. The third-order valence-corrected chi connectivity index (χ3v) is 6.30. The number of rotatable bonds is 6. The Labute approximate surface area is 228 Å². The van der Waals surface area contributed by atoms with Crippen molar-refractivity contribution in [1.29, 1.82) is 0 Å². The minimum atomic E-state index is -4.52. The molecule has 0 atom stereocenters. The Morgan fingerprint density at radius 1 is 1.06 bits per heavy atom. The fraction of sp³-hybridized carbons (Fsp3) is 0.0833. The molecule has 0 amide bonds. The van der Waals surface area contributed by atoms with E-state index < -0.39 is 17.0 Å². The van der Waals surface area contributed by atoms with Gasteiger partial charge in [-0.15, -0.1) is 11.3 Å². The van der Waals surface area contributed by atoms with Crippen LogP contribution in [-0.4, -0.2) is 25.9 Å². The second-order valence-electron chi connectivity index (χ2n) is 7.55. The van der Waals surface area contributed by atoms with Crippen LogP contribution in [-0.2, 0) is 12.7 Å². The van der Waals surface area contributed by atoms with Crippen LogP contribution in [0.1, 0.15) is 20.8 Å². The van der Waals surface area contributed by atoms with Crippen molar-refractivity contribution < 1.29 is 57.2 Å². The Kier molecular flexibility index (Phi) is 7.46. The molecule has 0 N–H and O–H groups in total. The van der Waals surface area contributed by atoms with Crippen LogP contribution in [0.25, 0.3) is 33.3 Å². The first-order valence-corrected chi connectivity index (χ1v) is 11.0. The van der Waals surface area contributed by atoms with Crippen molar-refractivity contribution >= 4 is 17.3 Å². The van der Waals surface area contributed by atoms with Crippen LogP contribution in [0.3, 0.4) is 0 Å². The summed E-state index contributed by atoms with van der Waals surface area (Å²) in [4.78, 5) is 14.6. The summed E-state index contributed by atoms with van der Waals surface area (Å²) in [7, 11) is 0. The number of carbonyl (C=O) groups excluding carboxylic acids is 1. The summed E-state index contributed by atoms with van der Waals surface area (Å²) in [5.74, 6) is -1.08. The SMILES string of the molecule is O=C([O-])c1cnn(Cc2ccc(-c3noc(-c4cc(-c5ccccc5)c(C(F)(F)F)s4)n3)cc2)c1.[Na+].